The zero-order valence-corrected chi connectivity index (χ0v) is 16.2. The maximum absolute atomic E-state index is 13.5. The van der Waals surface area contributed by atoms with Gasteiger partial charge in [0.05, 0.1) is 22.6 Å². The number of fused-ring (bicyclic) bond motifs is 4. The first-order valence-electron chi connectivity index (χ1n) is 10.0. The highest BCUT2D eigenvalue weighted by Crippen LogP contribution is 2.43. The van der Waals surface area contributed by atoms with Crippen LogP contribution >= 0.6 is 0 Å². The lowest BCUT2D eigenvalue weighted by atomic mass is 9.97. The number of allylic oxidation sites excluding steroid dienone is 1. The molecule has 0 radical (unpaired) electrons. The third-order valence-corrected chi connectivity index (χ3v) is 5.88. The lowest BCUT2D eigenvalue weighted by molar-refractivity contribution is -0.133. The van der Waals surface area contributed by atoms with Gasteiger partial charge in [0.15, 0.2) is 0 Å². The van der Waals surface area contributed by atoms with Crippen LogP contribution in [0.3, 0.4) is 0 Å². The average molecular weight is 387 g/mol. The van der Waals surface area contributed by atoms with E-state index in [1.54, 1.807) is 26.8 Å². The van der Waals surface area contributed by atoms with Crippen molar-refractivity contribution in [3.63, 3.8) is 0 Å². The van der Waals surface area contributed by atoms with Crippen LogP contribution in [-0.4, -0.2) is 29.2 Å². The van der Waals surface area contributed by atoms with Gasteiger partial charge in [-0.1, -0.05) is 37.3 Å². The molecule has 2 fully saturated rings. The predicted molar refractivity (Wildman–Crippen MR) is 109 cm³/mol. The first kappa shape index (κ1) is 17.7. The number of carbonyl (C=O) groups excluding carboxylic acids is 3. The van der Waals surface area contributed by atoms with Gasteiger partial charge < -0.3 is 4.90 Å². The molecule has 29 heavy (non-hydrogen) atoms. The molecule has 3 heterocycles. The van der Waals surface area contributed by atoms with E-state index < -0.39 is 5.92 Å². The van der Waals surface area contributed by atoms with Gasteiger partial charge in [-0.2, -0.15) is 0 Å². The monoisotopic (exact) mass is 387 g/mol. The molecular weight excluding hydrogens is 366 g/mol. The van der Waals surface area contributed by atoms with Gasteiger partial charge in [-0.25, -0.2) is 0 Å². The SMILES string of the molecule is CCC1C(=O)N(c2ccccc2)C2=C3CCCN3C(=O)c3ccccc3N2C1=O. The molecule has 0 aromatic heterocycles. The Balaban J connectivity index is 1.83. The fourth-order valence-electron chi connectivity index (χ4n) is 4.52. The Morgan fingerprint density at radius 1 is 0.897 bits per heavy atom. The van der Waals surface area contributed by atoms with Gasteiger partial charge in [-0.05, 0) is 43.5 Å². The molecule has 0 aliphatic carbocycles. The van der Waals surface area contributed by atoms with E-state index in [0.29, 0.717) is 42.1 Å². The number of rotatable bonds is 2. The second-order valence-electron chi connectivity index (χ2n) is 7.49. The second kappa shape index (κ2) is 6.58. The van der Waals surface area contributed by atoms with Crippen LogP contribution in [0, 0.1) is 5.92 Å². The zero-order valence-electron chi connectivity index (χ0n) is 16.2. The molecule has 6 heteroatoms. The summed E-state index contributed by atoms with van der Waals surface area (Å²) in [5.74, 6) is -0.888. The minimum atomic E-state index is -0.782. The van der Waals surface area contributed by atoms with E-state index in [2.05, 4.69) is 0 Å². The lowest BCUT2D eigenvalue weighted by Crippen LogP contribution is -2.56. The smallest absolute Gasteiger partial charge is 0.260 e. The Morgan fingerprint density at radius 3 is 2.34 bits per heavy atom. The molecule has 3 amide bonds. The van der Waals surface area contributed by atoms with Crippen LogP contribution in [0.25, 0.3) is 0 Å². The number of nitrogens with zero attached hydrogens (tertiary/aromatic N) is 3. The van der Waals surface area contributed by atoms with E-state index in [9.17, 15) is 14.4 Å². The van der Waals surface area contributed by atoms with Crippen molar-refractivity contribution in [2.75, 3.05) is 16.3 Å². The Morgan fingerprint density at radius 2 is 1.59 bits per heavy atom. The zero-order chi connectivity index (χ0) is 20.1. The quantitative estimate of drug-likeness (QED) is 0.741. The first-order valence-corrected chi connectivity index (χ1v) is 10.0. The molecule has 1 atom stereocenters. The van der Waals surface area contributed by atoms with E-state index >= 15 is 0 Å². The molecule has 5 rings (SSSR count). The van der Waals surface area contributed by atoms with Crippen LogP contribution in [0.2, 0.25) is 0 Å². The molecule has 0 bridgehead atoms. The molecule has 2 saturated heterocycles. The van der Waals surface area contributed by atoms with Gasteiger partial charge in [0.25, 0.3) is 5.91 Å². The second-order valence-corrected chi connectivity index (χ2v) is 7.49. The summed E-state index contributed by atoms with van der Waals surface area (Å²) in [6.07, 6.45) is 1.86. The van der Waals surface area contributed by atoms with Gasteiger partial charge in [-0.15, -0.1) is 0 Å². The van der Waals surface area contributed by atoms with Gasteiger partial charge in [0, 0.05) is 6.54 Å². The number of benzene rings is 2. The Bertz CT molecular complexity index is 1060. The molecule has 6 nitrogen and oxygen atoms in total. The summed E-state index contributed by atoms with van der Waals surface area (Å²) in [5, 5.41) is 0. The number of carbonyl (C=O) groups is 3. The molecule has 1 unspecified atom stereocenters. The highest BCUT2D eigenvalue weighted by atomic mass is 16.2. The van der Waals surface area contributed by atoms with Gasteiger partial charge in [-0.3, -0.25) is 24.2 Å². The molecule has 0 spiro atoms. The third-order valence-electron chi connectivity index (χ3n) is 5.88. The molecule has 3 aliphatic rings. The van der Waals surface area contributed by atoms with Crippen molar-refractivity contribution < 1.29 is 14.4 Å². The van der Waals surface area contributed by atoms with Crippen LogP contribution < -0.4 is 9.80 Å². The summed E-state index contributed by atoms with van der Waals surface area (Å²) < 4.78 is 0. The first-order chi connectivity index (χ1) is 14.1. The minimum absolute atomic E-state index is 0.115. The Hall–Kier alpha value is -3.41. The molecular formula is C23H21N3O3. The fraction of sp³-hybridized carbons (Fsp3) is 0.261. The summed E-state index contributed by atoms with van der Waals surface area (Å²) in [7, 11) is 0. The number of anilines is 2. The highest BCUT2D eigenvalue weighted by molar-refractivity contribution is 6.22. The number of para-hydroxylation sites is 2. The lowest BCUT2D eigenvalue weighted by Gasteiger charge is -2.41. The summed E-state index contributed by atoms with van der Waals surface area (Å²) in [4.78, 5) is 45.2. The van der Waals surface area contributed by atoms with Crippen molar-refractivity contribution in [2.24, 2.45) is 5.92 Å². The number of amides is 3. The topological polar surface area (TPSA) is 60.9 Å². The third kappa shape index (κ3) is 2.45. The summed E-state index contributed by atoms with van der Waals surface area (Å²) in [5.41, 5.74) is 2.49. The minimum Gasteiger partial charge on any atom is -0.308 e. The number of hydrogen-bond acceptors (Lipinski definition) is 3. The molecule has 0 N–H and O–H groups in total. The maximum Gasteiger partial charge on any atom is 0.260 e. The molecule has 3 aliphatic heterocycles. The van der Waals surface area contributed by atoms with Crippen molar-refractivity contribution in [2.45, 2.75) is 26.2 Å². The fourth-order valence-corrected chi connectivity index (χ4v) is 4.52. The largest absolute Gasteiger partial charge is 0.308 e. The van der Waals surface area contributed by atoms with Crippen LogP contribution in [0.5, 0.6) is 0 Å². The van der Waals surface area contributed by atoms with Crippen LogP contribution in [0.4, 0.5) is 11.4 Å². The molecule has 146 valence electrons. The van der Waals surface area contributed by atoms with E-state index in [4.69, 9.17) is 0 Å². The van der Waals surface area contributed by atoms with Crippen molar-refractivity contribution in [1.29, 1.82) is 0 Å². The standard InChI is InChI=1S/C23H21N3O3/c1-2-16-22(28)25(15-9-4-3-5-10-15)20-19-13-8-14-24(19)21(27)17-11-6-7-12-18(17)26(20)23(16)29/h3-7,9-12,16H,2,8,13-14H2,1H3. The van der Waals surface area contributed by atoms with Crippen molar-refractivity contribution in [3.8, 4) is 0 Å². The normalized spacial score (nSPS) is 21.2. The Kier molecular flexibility index (Phi) is 4.01. The maximum atomic E-state index is 13.5. The van der Waals surface area contributed by atoms with E-state index in [1.165, 1.54) is 0 Å². The van der Waals surface area contributed by atoms with Gasteiger partial charge in [0.2, 0.25) is 11.8 Å². The van der Waals surface area contributed by atoms with Crippen molar-refractivity contribution in [3.05, 3.63) is 71.7 Å². The van der Waals surface area contributed by atoms with E-state index in [1.807, 2.05) is 49.4 Å². The Labute approximate surface area is 169 Å². The summed E-state index contributed by atoms with van der Waals surface area (Å²) in [6.45, 7) is 2.43. The summed E-state index contributed by atoms with van der Waals surface area (Å²) in [6, 6.07) is 16.5. The van der Waals surface area contributed by atoms with Crippen molar-refractivity contribution >= 4 is 29.1 Å². The van der Waals surface area contributed by atoms with Crippen LogP contribution in [0.15, 0.2) is 66.1 Å². The molecule has 2 aromatic carbocycles. The van der Waals surface area contributed by atoms with Gasteiger partial charge >= 0.3 is 0 Å². The number of hydrogen-bond donors (Lipinski definition) is 0. The van der Waals surface area contributed by atoms with E-state index in [0.717, 1.165) is 12.1 Å². The van der Waals surface area contributed by atoms with Crippen molar-refractivity contribution in [1.82, 2.24) is 4.90 Å². The molecule has 2 aromatic rings. The van der Waals surface area contributed by atoms with Crippen LogP contribution in [-0.2, 0) is 9.59 Å². The highest BCUT2D eigenvalue weighted by Gasteiger charge is 2.49. The van der Waals surface area contributed by atoms with Crippen LogP contribution in [0.1, 0.15) is 36.5 Å². The average Bonchev–Trinajstić information content (AvgIpc) is 3.20. The molecule has 0 saturated carbocycles. The van der Waals surface area contributed by atoms with Gasteiger partial charge in [0.1, 0.15) is 11.7 Å². The summed E-state index contributed by atoms with van der Waals surface area (Å²) >= 11 is 0. The predicted octanol–water partition coefficient (Wildman–Crippen LogP) is 3.51. The van der Waals surface area contributed by atoms with E-state index in [-0.39, 0.29) is 17.7 Å².